The van der Waals surface area contributed by atoms with Crippen LogP contribution in [-0.2, 0) is 24.8 Å². The van der Waals surface area contributed by atoms with Gasteiger partial charge in [0.2, 0.25) is 0 Å². The van der Waals surface area contributed by atoms with Crippen molar-refractivity contribution in [3.8, 4) is 5.75 Å². The average molecular weight is 447 g/mol. The van der Waals surface area contributed by atoms with Crippen molar-refractivity contribution < 1.29 is 13.9 Å². The first-order valence-electron chi connectivity index (χ1n) is 11.2. The Morgan fingerprint density at radius 2 is 2.00 bits per heavy atom. The van der Waals surface area contributed by atoms with Crippen LogP contribution in [0.15, 0.2) is 66.9 Å². The summed E-state index contributed by atoms with van der Waals surface area (Å²) in [6, 6.07) is 18.9. The summed E-state index contributed by atoms with van der Waals surface area (Å²) in [6.07, 6.45) is 2.39. The summed E-state index contributed by atoms with van der Waals surface area (Å²) < 4.78 is 27.3. The van der Waals surface area contributed by atoms with Gasteiger partial charge in [-0.25, -0.2) is 4.39 Å². The van der Waals surface area contributed by atoms with Crippen LogP contribution in [0.5, 0.6) is 5.75 Å². The lowest BCUT2D eigenvalue weighted by Gasteiger charge is -2.32. The van der Waals surface area contributed by atoms with E-state index < -0.39 is 0 Å². The van der Waals surface area contributed by atoms with Gasteiger partial charge in [0.15, 0.2) is 11.6 Å². The third kappa shape index (κ3) is 4.89. The van der Waals surface area contributed by atoms with E-state index in [-0.39, 0.29) is 17.7 Å². The molecule has 7 heteroatoms. The Bertz CT molecular complexity index is 1240. The number of hydrogen-bond acceptors (Lipinski definition) is 5. The summed E-state index contributed by atoms with van der Waals surface area (Å²) in [5.74, 6) is -0.0747. The average Bonchev–Trinajstić information content (AvgIpc) is 3.21. The van der Waals surface area contributed by atoms with Gasteiger partial charge in [-0.1, -0.05) is 36.4 Å². The summed E-state index contributed by atoms with van der Waals surface area (Å²) in [5.41, 5.74) is 4.22. The molecule has 0 spiro atoms. The van der Waals surface area contributed by atoms with E-state index in [4.69, 9.17) is 14.6 Å². The Hall–Kier alpha value is -3.29. The van der Waals surface area contributed by atoms with Gasteiger partial charge in [-0.05, 0) is 29.8 Å². The number of pyridine rings is 1. The Labute approximate surface area is 192 Å². The Morgan fingerprint density at radius 3 is 2.91 bits per heavy atom. The zero-order valence-electron chi connectivity index (χ0n) is 18.7. The first kappa shape index (κ1) is 21.6. The molecule has 6 nitrogen and oxygen atoms in total. The van der Waals surface area contributed by atoms with Crippen LogP contribution in [0.4, 0.5) is 4.39 Å². The van der Waals surface area contributed by atoms with Crippen molar-refractivity contribution in [3.05, 3.63) is 89.6 Å². The Kier molecular flexibility index (Phi) is 6.32. The predicted molar refractivity (Wildman–Crippen MR) is 125 cm³/mol. The second-order valence-electron chi connectivity index (χ2n) is 8.30. The molecule has 1 aliphatic rings. The molecule has 5 rings (SSSR count). The molecule has 170 valence electrons. The number of halogens is 1. The molecule has 2 aromatic heterocycles. The molecule has 33 heavy (non-hydrogen) atoms. The van der Waals surface area contributed by atoms with Crippen LogP contribution in [-0.4, -0.2) is 46.0 Å². The summed E-state index contributed by atoms with van der Waals surface area (Å²) in [4.78, 5) is 6.98. The predicted octanol–water partition coefficient (Wildman–Crippen LogP) is 4.30. The van der Waals surface area contributed by atoms with Gasteiger partial charge in [0, 0.05) is 50.4 Å². The molecule has 0 saturated carbocycles. The van der Waals surface area contributed by atoms with Crippen LogP contribution < -0.4 is 4.74 Å². The largest absolute Gasteiger partial charge is 0.490 e. The Balaban J connectivity index is 1.23. The third-order valence-corrected chi connectivity index (χ3v) is 6.04. The number of aromatic nitrogens is 3. The van der Waals surface area contributed by atoms with E-state index in [1.807, 2.05) is 24.0 Å². The second-order valence-corrected chi connectivity index (χ2v) is 8.30. The van der Waals surface area contributed by atoms with Crippen LogP contribution in [0.1, 0.15) is 23.1 Å². The molecule has 0 radical (unpaired) electrons. The SMILES string of the molecule is Cn1nc(C2CN(Cc3cccc4cccnc34)CCO2)cc1CCOc1ccccc1F. The molecule has 1 aliphatic heterocycles. The van der Waals surface area contributed by atoms with Crippen LogP contribution in [0.2, 0.25) is 0 Å². The number of fused-ring (bicyclic) bond motifs is 1. The molecule has 1 saturated heterocycles. The van der Waals surface area contributed by atoms with Crippen molar-refractivity contribution in [3.63, 3.8) is 0 Å². The monoisotopic (exact) mass is 446 g/mol. The van der Waals surface area contributed by atoms with E-state index >= 15 is 0 Å². The zero-order valence-corrected chi connectivity index (χ0v) is 18.7. The van der Waals surface area contributed by atoms with Crippen molar-refractivity contribution in [2.24, 2.45) is 7.05 Å². The van der Waals surface area contributed by atoms with Gasteiger partial charge >= 0.3 is 0 Å². The van der Waals surface area contributed by atoms with Gasteiger partial charge in [-0.2, -0.15) is 5.10 Å². The summed E-state index contributed by atoms with van der Waals surface area (Å²) in [7, 11) is 1.92. The lowest BCUT2D eigenvalue weighted by Crippen LogP contribution is -2.38. The van der Waals surface area contributed by atoms with Crippen LogP contribution in [0.3, 0.4) is 0 Å². The smallest absolute Gasteiger partial charge is 0.165 e. The first-order chi connectivity index (χ1) is 16.2. The lowest BCUT2D eigenvalue weighted by molar-refractivity contribution is -0.0351. The quantitative estimate of drug-likeness (QED) is 0.424. The number of benzene rings is 2. The zero-order chi connectivity index (χ0) is 22.6. The Morgan fingerprint density at radius 1 is 1.12 bits per heavy atom. The van der Waals surface area contributed by atoms with E-state index in [1.165, 1.54) is 11.6 Å². The minimum atomic E-state index is -0.347. The highest BCUT2D eigenvalue weighted by Crippen LogP contribution is 2.25. The number of hydrogen-bond donors (Lipinski definition) is 0. The second kappa shape index (κ2) is 9.68. The molecular weight excluding hydrogens is 419 g/mol. The number of morpholine rings is 1. The number of aryl methyl sites for hydroxylation is 1. The molecule has 1 fully saturated rings. The standard InChI is InChI=1S/C26H27FN4O2/c1-30-21(11-14-32-24-10-3-2-9-22(24)27)16-23(29-30)25-18-31(13-15-33-25)17-20-7-4-6-19-8-5-12-28-26(19)20/h2-10,12,16,25H,11,13-15,17-18H2,1H3. The molecule has 3 heterocycles. The topological polar surface area (TPSA) is 52.4 Å². The number of nitrogens with zero attached hydrogens (tertiary/aromatic N) is 4. The molecule has 0 amide bonds. The summed E-state index contributed by atoms with van der Waals surface area (Å²) >= 11 is 0. The summed E-state index contributed by atoms with van der Waals surface area (Å²) in [6.45, 7) is 3.50. The first-order valence-corrected chi connectivity index (χ1v) is 11.2. The van der Waals surface area contributed by atoms with Crippen molar-refractivity contribution in [1.82, 2.24) is 19.7 Å². The highest BCUT2D eigenvalue weighted by Gasteiger charge is 2.25. The van der Waals surface area contributed by atoms with Gasteiger partial charge in [0.05, 0.1) is 24.4 Å². The number of ether oxygens (including phenoxy) is 2. The molecule has 0 bridgehead atoms. The van der Waals surface area contributed by atoms with E-state index in [9.17, 15) is 4.39 Å². The molecule has 4 aromatic rings. The number of para-hydroxylation sites is 2. The maximum Gasteiger partial charge on any atom is 0.165 e. The van der Waals surface area contributed by atoms with Gasteiger partial charge in [0.1, 0.15) is 6.10 Å². The minimum absolute atomic E-state index is 0.0888. The van der Waals surface area contributed by atoms with Crippen LogP contribution >= 0.6 is 0 Å². The highest BCUT2D eigenvalue weighted by atomic mass is 19.1. The lowest BCUT2D eigenvalue weighted by atomic mass is 10.1. The van der Waals surface area contributed by atoms with E-state index in [2.05, 4.69) is 40.2 Å². The maximum atomic E-state index is 13.8. The van der Waals surface area contributed by atoms with Gasteiger partial charge in [-0.3, -0.25) is 14.6 Å². The van der Waals surface area contributed by atoms with E-state index in [1.54, 1.807) is 18.2 Å². The van der Waals surface area contributed by atoms with Crippen LogP contribution in [0, 0.1) is 5.82 Å². The molecule has 2 aromatic carbocycles. The van der Waals surface area contributed by atoms with Crippen LogP contribution in [0.25, 0.3) is 10.9 Å². The third-order valence-electron chi connectivity index (χ3n) is 6.04. The highest BCUT2D eigenvalue weighted by molar-refractivity contribution is 5.81. The normalized spacial score (nSPS) is 16.8. The fraction of sp³-hybridized carbons (Fsp3) is 0.308. The maximum absolute atomic E-state index is 13.8. The fourth-order valence-corrected chi connectivity index (χ4v) is 4.31. The molecule has 1 atom stereocenters. The van der Waals surface area contributed by atoms with Crippen molar-refractivity contribution in [2.75, 3.05) is 26.3 Å². The van der Waals surface area contributed by atoms with E-state index in [0.29, 0.717) is 19.6 Å². The molecule has 1 unspecified atom stereocenters. The van der Waals surface area contributed by atoms with E-state index in [0.717, 1.165) is 41.9 Å². The van der Waals surface area contributed by atoms with Gasteiger partial charge in [0.25, 0.3) is 0 Å². The van der Waals surface area contributed by atoms with Gasteiger partial charge in [-0.15, -0.1) is 0 Å². The fourth-order valence-electron chi connectivity index (χ4n) is 4.31. The molecular formula is C26H27FN4O2. The van der Waals surface area contributed by atoms with Crippen molar-refractivity contribution in [1.29, 1.82) is 0 Å². The molecule has 0 N–H and O–H groups in total. The van der Waals surface area contributed by atoms with Crippen molar-refractivity contribution in [2.45, 2.75) is 19.1 Å². The molecule has 0 aliphatic carbocycles. The van der Waals surface area contributed by atoms with Crippen molar-refractivity contribution >= 4 is 10.9 Å². The number of rotatable bonds is 7. The summed E-state index contributed by atoms with van der Waals surface area (Å²) in [5, 5.41) is 5.85. The van der Waals surface area contributed by atoms with Gasteiger partial charge < -0.3 is 9.47 Å². The minimum Gasteiger partial charge on any atom is -0.490 e.